The molecular formula is C11H15BrN2S. The number of rotatable bonds is 1. The van der Waals surface area contributed by atoms with Crippen molar-refractivity contribution in [2.45, 2.75) is 13.0 Å². The quantitative estimate of drug-likeness (QED) is 0.805. The Morgan fingerprint density at radius 3 is 3.07 bits per heavy atom. The first-order chi connectivity index (χ1) is 7.18. The lowest BCUT2D eigenvalue weighted by atomic mass is 10.2. The summed E-state index contributed by atoms with van der Waals surface area (Å²) in [4.78, 5) is 2.40. The lowest BCUT2D eigenvalue weighted by Gasteiger charge is -2.35. The fourth-order valence-corrected chi connectivity index (χ4v) is 3.21. The minimum absolute atomic E-state index is 0.570. The highest BCUT2D eigenvalue weighted by Gasteiger charge is 2.20. The van der Waals surface area contributed by atoms with E-state index < -0.39 is 0 Å². The summed E-state index contributed by atoms with van der Waals surface area (Å²) in [5, 5.41) is 0. The van der Waals surface area contributed by atoms with Crippen molar-refractivity contribution in [1.82, 2.24) is 0 Å². The summed E-state index contributed by atoms with van der Waals surface area (Å²) in [5.41, 5.74) is 8.05. The molecule has 1 unspecified atom stereocenters. The van der Waals surface area contributed by atoms with Gasteiger partial charge in [-0.3, -0.25) is 0 Å². The smallest absolute Gasteiger partial charge is 0.0614 e. The Hall–Kier alpha value is -0.350. The molecule has 1 atom stereocenters. The summed E-state index contributed by atoms with van der Waals surface area (Å²) in [6, 6.07) is 6.64. The van der Waals surface area contributed by atoms with Crippen LogP contribution in [0.15, 0.2) is 22.7 Å². The van der Waals surface area contributed by atoms with E-state index in [-0.39, 0.29) is 0 Å². The molecule has 1 aliphatic rings. The fourth-order valence-electron chi connectivity index (χ4n) is 1.85. The van der Waals surface area contributed by atoms with Crippen LogP contribution in [-0.2, 0) is 0 Å². The zero-order valence-electron chi connectivity index (χ0n) is 8.74. The van der Waals surface area contributed by atoms with E-state index in [1.54, 1.807) is 0 Å². The second-order valence-electron chi connectivity index (χ2n) is 3.82. The van der Waals surface area contributed by atoms with Crippen LogP contribution in [0.5, 0.6) is 0 Å². The number of nitrogens with two attached hydrogens (primary N) is 1. The monoisotopic (exact) mass is 286 g/mol. The number of anilines is 2. The molecule has 2 nitrogen and oxygen atoms in total. The van der Waals surface area contributed by atoms with Gasteiger partial charge in [0.25, 0.3) is 0 Å². The summed E-state index contributed by atoms with van der Waals surface area (Å²) < 4.78 is 1.09. The minimum atomic E-state index is 0.570. The lowest BCUT2D eigenvalue weighted by molar-refractivity contribution is 0.701. The Morgan fingerprint density at radius 2 is 2.33 bits per heavy atom. The van der Waals surface area contributed by atoms with Gasteiger partial charge < -0.3 is 10.6 Å². The van der Waals surface area contributed by atoms with Gasteiger partial charge in [0.2, 0.25) is 0 Å². The Kier molecular flexibility index (Phi) is 3.46. The van der Waals surface area contributed by atoms with Crippen molar-refractivity contribution in [3.63, 3.8) is 0 Å². The molecule has 0 saturated carbocycles. The zero-order chi connectivity index (χ0) is 10.8. The first-order valence-electron chi connectivity index (χ1n) is 5.08. The molecule has 1 heterocycles. The lowest BCUT2D eigenvalue weighted by Crippen LogP contribution is -2.40. The third-order valence-electron chi connectivity index (χ3n) is 2.67. The Labute approximate surface area is 103 Å². The molecule has 0 bridgehead atoms. The van der Waals surface area contributed by atoms with Crippen LogP contribution >= 0.6 is 27.7 Å². The zero-order valence-corrected chi connectivity index (χ0v) is 11.1. The number of nitrogens with zero attached hydrogens (tertiary/aromatic N) is 1. The molecule has 15 heavy (non-hydrogen) atoms. The first kappa shape index (κ1) is 11.1. The highest BCUT2D eigenvalue weighted by molar-refractivity contribution is 9.10. The van der Waals surface area contributed by atoms with E-state index in [4.69, 9.17) is 5.73 Å². The summed E-state index contributed by atoms with van der Waals surface area (Å²) in [6.07, 6.45) is 0. The van der Waals surface area contributed by atoms with Crippen LogP contribution in [0.1, 0.15) is 6.92 Å². The molecule has 2 N–H and O–H groups in total. The molecule has 82 valence electrons. The highest BCUT2D eigenvalue weighted by atomic mass is 79.9. The van der Waals surface area contributed by atoms with Crippen LogP contribution < -0.4 is 10.6 Å². The van der Waals surface area contributed by atoms with E-state index in [1.807, 2.05) is 23.9 Å². The number of halogens is 1. The number of nitrogen functional groups attached to an aromatic ring is 1. The van der Waals surface area contributed by atoms with Crippen LogP contribution in [-0.4, -0.2) is 24.1 Å². The van der Waals surface area contributed by atoms with Gasteiger partial charge in [-0.2, -0.15) is 11.8 Å². The molecule has 1 saturated heterocycles. The van der Waals surface area contributed by atoms with Gasteiger partial charge in [0.05, 0.1) is 11.4 Å². The molecule has 1 aromatic rings. The third-order valence-corrected chi connectivity index (χ3v) is 4.35. The maximum Gasteiger partial charge on any atom is 0.0614 e. The normalized spacial score (nSPS) is 21.7. The summed E-state index contributed by atoms with van der Waals surface area (Å²) in [5.74, 6) is 2.38. The molecule has 4 heteroatoms. The number of benzene rings is 1. The predicted octanol–water partition coefficient (Wildman–Crippen LogP) is 2.97. The molecular weight excluding hydrogens is 272 g/mol. The SMILES string of the molecule is CC1CSCCN1c1cc(Br)ccc1N. The van der Waals surface area contributed by atoms with Crippen molar-refractivity contribution in [1.29, 1.82) is 0 Å². The summed E-state index contributed by atoms with van der Waals surface area (Å²) >= 11 is 5.51. The van der Waals surface area contributed by atoms with E-state index in [0.717, 1.165) is 22.4 Å². The van der Waals surface area contributed by atoms with Gasteiger partial charge in [0.1, 0.15) is 0 Å². The van der Waals surface area contributed by atoms with Crippen LogP contribution in [0.2, 0.25) is 0 Å². The molecule has 0 spiro atoms. The van der Waals surface area contributed by atoms with Crippen molar-refractivity contribution in [3.8, 4) is 0 Å². The van der Waals surface area contributed by atoms with E-state index in [1.165, 1.54) is 11.5 Å². The van der Waals surface area contributed by atoms with Crippen molar-refractivity contribution in [3.05, 3.63) is 22.7 Å². The second-order valence-corrected chi connectivity index (χ2v) is 5.89. The van der Waals surface area contributed by atoms with Crippen LogP contribution in [0.4, 0.5) is 11.4 Å². The maximum absolute atomic E-state index is 6.01. The third kappa shape index (κ3) is 2.42. The number of thioether (sulfide) groups is 1. The average Bonchev–Trinajstić information content (AvgIpc) is 2.23. The standard InChI is InChI=1S/C11H15BrN2S/c1-8-7-15-5-4-14(8)11-6-9(12)2-3-10(11)13/h2-3,6,8H,4-5,7,13H2,1H3. The molecule has 1 aromatic carbocycles. The van der Waals surface area contributed by atoms with Gasteiger partial charge in [-0.1, -0.05) is 15.9 Å². The molecule has 2 rings (SSSR count). The summed E-state index contributed by atoms with van der Waals surface area (Å²) in [7, 11) is 0. The van der Waals surface area contributed by atoms with Crippen molar-refractivity contribution in [2.75, 3.05) is 28.7 Å². The Morgan fingerprint density at radius 1 is 1.53 bits per heavy atom. The van der Waals surface area contributed by atoms with Gasteiger partial charge in [0.15, 0.2) is 0 Å². The van der Waals surface area contributed by atoms with Crippen LogP contribution in [0, 0.1) is 0 Å². The van der Waals surface area contributed by atoms with Crippen LogP contribution in [0.25, 0.3) is 0 Å². The second kappa shape index (κ2) is 4.66. The van der Waals surface area contributed by atoms with Gasteiger partial charge in [-0.25, -0.2) is 0 Å². The topological polar surface area (TPSA) is 29.3 Å². The first-order valence-corrected chi connectivity index (χ1v) is 7.02. The average molecular weight is 287 g/mol. The van der Waals surface area contributed by atoms with Crippen LogP contribution in [0.3, 0.4) is 0 Å². The molecule has 0 aliphatic carbocycles. The van der Waals surface area contributed by atoms with Crippen molar-refractivity contribution >= 4 is 39.1 Å². The molecule has 1 aliphatic heterocycles. The van der Waals surface area contributed by atoms with Crippen molar-refractivity contribution in [2.24, 2.45) is 0 Å². The van der Waals surface area contributed by atoms with Gasteiger partial charge in [-0.05, 0) is 25.1 Å². The largest absolute Gasteiger partial charge is 0.397 e. The van der Waals surface area contributed by atoms with Crippen molar-refractivity contribution < 1.29 is 0 Å². The van der Waals surface area contributed by atoms with Gasteiger partial charge in [-0.15, -0.1) is 0 Å². The van der Waals surface area contributed by atoms with E-state index >= 15 is 0 Å². The predicted molar refractivity (Wildman–Crippen MR) is 72.7 cm³/mol. The molecule has 0 amide bonds. The minimum Gasteiger partial charge on any atom is -0.397 e. The molecule has 0 aromatic heterocycles. The fraction of sp³-hybridized carbons (Fsp3) is 0.455. The summed E-state index contributed by atoms with van der Waals surface area (Å²) in [6.45, 7) is 3.35. The van der Waals surface area contributed by atoms with E-state index in [2.05, 4.69) is 33.8 Å². The number of hydrogen-bond donors (Lipinski definition) is 1. The van der Waals surface area contributed by atoms with E-state index in [9.17, 15) is 0 Å². The van der Waals surface area contributed by atoms with Gasteiger partial charge >= 0.3 is 0 Å². The maximum atomic E-state index is 6.01. The highest BCUT2D eigenvalue weighted by Crippen LogP contribution is 2.31. The Bertz CT molecular complexity index is 356. The van der Waals surface area contributed by atoms with Gasteiger partial charge in [0, 0.05) is 28.6 Å². The Balaban J connectivity index is 2.30. The van der Waals surface area contributed by atoms with E-state index in [0.29, 0.717) is 6.04 Å². The number of hydrogen-bond acceptors (Lipinski definition) is 3. The molecule has 1 fully saturated rings. The molecule has 0 radical (unpaired) electrons.